The highest BCUT2D eigenvalue weighted by atomic mass is 79.9. The van der Waals surface area contributed by atoms with Crippen LogP contribution < -0.4 is 15.2 Å². The summed E-state index contributed by atoms with van der Waals surface area (Å²) < 4.78 is 33.3. The topological polar surface area (TPSA) is 81.4 Å². The Kier molecular flexibility index (Phi) is 6.93. The molecule has 0 aliphatic heterocycles. The van der Waals surface area contributed by atoms with Crippen molar-refractivity contribution in [3.63, 3.8) is 0 Å². The van der Waals surface area contributed by atoms with E-state index >= 15 is 0 Å². The van der Waals surface area contributed by atoms with Gasteiger partial charge in [-0.25, -0.2) is 13.1 Å². The molecule has 0 aliphatic carbocycles. The van der Waals surface area contributed by atoms with Crippen LogP contribution in [0, 0.1) is 5.92 Å². The lowest BCUT2D eigenvalue weighted by Gasteiger charge is -2.20. The summed E-state index contributed by atoms with van der Waals surface area (Å²) in [4.78, 5) is -0.00780. The van der Waals surface area contributed by atoms with E-state index in [4.69, 9.17) is 22.1 Å². The molecule has 1 aromatic carbocycles. The highest BCUT2D eigenvalue weighted by Crippen LogP contribution is 2.35. The van der Waals surface area contributed by atoms with Gasteiger partial charge in [-0.1, -0.05) is 25.4 Å². The molecule has 0 saturated carbocycles. The van der Waals surface area contributed by atoms with Gasteiger partial charge in [0.1, 0.15) is 4.90 Å². The van der Waals surface area contributed by atoms with Crippen molar-refractivity contribution in [2.75, 3.05) is 13.7 Å². The van der Waals surface area contributed by atoms with Gasteiger partial charge in [-0.15, -0.1) is 0 Å². The first kappa shape index (κ1) is 18.7. The fourth-order valence-corrected chi connectivity index (χ4v) is 4.62. The second-order valence-electron chi connectivity index (χ2n) is 5.10. The average Bonchev–Trinajstić information content (AvgIpc) is 2.36. The molecule has 0 amide bonds. The standard InChI is InChI=1S/C13H20BrClN2O3S/c1-8(2)4-10(7-16)17-21(18,19)12-6-9(15)5-11(14)13(12)20-3/h5-6,8,10,17H,4,7,16H2,1-3H3. The van der Waals surface area contributed by atoms with Crippen molar-refractivity contribution in [3.05, 3.63) is 21.6 Å². The van der Waals surface area contributed by atoms with Crippen molar-refractivity contribution in [2.45, 2.75) is 31.2 Å². The van der Waals surface area contributed by atoms with Crippen LogP contribution in [-0.4, -0.2) is 28.1 Å². The van der Waals surface area contributed by atoms with Crippen LogP contribution in [0.2, 0.25) is 5.02 Å². The molecule has 0 saturated heterocycles. The van der Waals surface area contributed by atoms with Gasteiger partial charge in [0, 0.05) is 17.6 Å². The number of nitrogens with two attached hydrogens (primary N) is 1. The predicted octanol–water partition coefficient (Wildman–Crippen LogP) is 2.76. The minimum atomic E-state index is -3.77. The number of halogens is 2. The Bertz CT molecular complexity index is 593. The molecule has 0 bridgehead atoms. The van der Waals surface area contributed by atoms with Crippen molar-refractivity contribution < 1.29 is 13.2 Å². The monoisotopic (exact) mass is 398 g/mol. The second kappa shape index (κ2) is 7.78. The smallest absolute Gasteiger partial charge is 0.244 e. The molecule has 3 N–H and O–H groups in total. The van der Waals surface area contributed by atoms with Gasteiger partial charge in [-0.3, -0.25) is 0 Å². The van der Waals surface area contributed by atoms with E-state index in [9.17, 15) is 8.42 Å². The molecule has 8 heteroatoms. The van der Waals surface area contributed by atoms with Crippen LogP contribution in [0.5, 0.6) is 5.75 Å². The molecule has 1 rings (SSSR count). The molecule has 0 heterocycles. The fourth-order valence-electron chi connectivity index (χ4n) is 1.98. The van der Waals surface area contributed by atoms with Crippen LogP contribution in [0.1, 0.15) is 20.3 Å². The summed E-state index contributed by atoms with van der Waals surface area (Å²) in [6.45, 7) is 4.24. The Hall–Kier alpha value is -0.340. The van der Waals surface area contributed by atoms with Crippen molar-refractivity contribution >= 4 is 37.6 Å². The average molecular weight is 400 g/mol. The molecule has 0 aliphatic rings. The minimum Gasteiger partial charge on any atom is -0.494 e. The van der Waals surface area contributed by atoms with E-state index in [-0.39, 0.29) is 23.2 Å². The van der Waals surface area contributed by atoms with Gasteiger partial charge >= 0.3 is 0 Å². The van der Waals surface area contributed by atoms with Crippen molar-refractivity contribution in [3.8, 4) is 5.75 Å². The lowest BCUT2D eigenvalue weighted by molar-refractivity contribution is 0.398. The van der Waals surface area contributed by atoms with E-state index in [0.29, 0.717) is 21.8 Å². The molecule has 0 aromatic heterocycles. The van der Waals surface area contributed by atoms with Gasteiger partial charge in [0.2, 0.25) is 10.0 Å². The zero-order valence-corrected chi connectivity index (χ0v) is 15.3. The van der Waals surface area contributed by atoms with Crippen LogP contribution in [0.4, 0.5) is 0 Å². The Morgan fingerprint density at radius 1 is 1.43 bits per heavy atom. The van der Waals surface area contributed by atoms with Gasteiger partial charge < -0.3 is 10.5 Å². The third-order valence-corrected chi connectivity index (χ3v) is 5.16. The number of hydrogen-bond acceptors (Lipinski definition) is 4. The van der Waals surface area contributed by atoms with E-state index in [2.05, 4.69) is 20.7 Å². The summed E-state index contributed by atoms with van der Waals surface area (Å²) in [5.41, 5.74) is 5.64. The zero-order chi connectivity index (χ0) is 16.2. The predicted molar refractivity (Wildman–Crippen MR) is 88.3 cm³/mol. The molecular formula is C13H20BrClN2O3S. The second-order valence-corrected chi connectivity index (χ2v) is 8.08. The summed E-state index contributed by atoms with van der Waals surface area (Å²) in [6, 6.07) is 2.60. The Morgan fingerprint density at radius 3 is 2.52 bits per heavy atom. The van der Waals surface area contributed by atoms with Crippen LogP contribution >= 0.6 is 27.5 Å². The number of ether oxygens (including phenoxy) is 1. The summed E-state index contributed by atoms with van der Waals surface area (Å²) in [7, 11) is -2.37. The largest absolute Gasteiger partial charge is 0.494 e. The van der Waals surface area contributed by atoms with Crippen molar-refractivity contribution in [2.24, 2.45) is 11.7 Å². The van der Waals surface area contributed by atoms with Crippen LogP contribution in [0.25, 0.3) is 0 Å². The maximum absolute atomic E-state index is 12.5. The third-order valence-electron chi connectivity index (χ3n) is 2.83. The maximum atomic E-state index is 12.5. The van der Waals surface area contributed by atoms with Crippen molar-refractivity contribution in [1.82, 2.24) is 4.72 Å². The molecular weight excluding hydrogens is 380 g/mol. The van der Waals surface area contributed by atoms with E-state index in [1.165, 1.54) is 13.2 Å². The molecule has 0 radical (unpaired) electrons. The lowest BCUT2D eigenvalue weighted by atomic mass is 10.1. The molecule has 1 atom stereocenters. The summed E-state index contributed by atoms with van der Waals surface area (Å²) >= 11 is 9.19. The quantitative estimate of drug-likeness (QED) is 0.738. The summed E-state index contributed by atoms with van der Waals surface area (Å²) in [5, 5.41) is 0.302. The zero-order valence-electron chi connectivity index (χ0n) is 12.2. The molecule has 21 heavy (non-hydrogen) atoms. The first-order valence-corrected chi connectivity index (χ1v) is 9.12. The number of sulfonamides is 1. The normalized spacial score (nSPS) is 13.5. The highest BCUT2D eigenvalue weighted by molar-refractivity contribution is 9.10. The molecule has 5 nitrogen and oxygen atoms in total. The highest BCUT2D eigenvalue weighted by Gasteiger charge is 2.25. The molecule has 120 valence electrons. The SMILES string of the molecule is COc1c(Br)cc(Cl)cc1S(=O)(=O)NC(CN)CC(C)C. The number of nitrogens with one attached hydrogen (secondary N) is 1. The number of rotatable bonds is 7. The molecule has 1 aromatic rings. The van der Waals surface area contributed by atoms with Gasteiger partial charge in [-0.05, 0) is 40.4 Å². The third kappa shape index (κ3) is 5.10. The number of benzene rings is 1. The van der Waals surface area contributed by atoms with Gasteiger partial charge in [0.25, 0.3) is 0 Å². The fraction of sp³-hybridized carbons (Fsp3) is 0.538. The summed E-state index contributed by atoms with van der Waals surface area (Å²) in [5.74, 6) is 0.543. The van der Waals surface area contributed by atoms with E-state index in [1.807, 2.05) is 13.8 Å². The van der Waals surface area contributed by atoms with E-state index < -0.39 is 10.0 Å². The van der Waals surface area contributed by atoms with E-state index in [0.717, 1.165) is 0 Å². The van der Waals surface area contributed by atoms with Crippen LogP contribution in [0.15, 0.2) is 21.5 Å². The Balaban J connectivity index is 3.18. The molecule has 0 fully saturated rings. The number of hydrogen-bond donors (Lipinski definition) is 2. The molecule has 0 spiro atoms. The van der Waals surface area contributed by atoms with Crippen LogP contribution in [-0.2, 0) is 10.0 Å². The summed E-state index contributed by atoms with van der Waals surface area (Å²) in [6.07, 6.45) is 0.653. The first-order valence-electron chi connectivity index (χ1n) is 6.46. The minimum absolute atomic E-state index is 0.00780. The maximum Gasteiger partial charge on any atom is 0.244 e. The van der Waals surface area contributed by atoms with Gasteiger partial charge in [0.15, 0.2) is 5.75 Å². The van der Waals surface area contributed by atoms with Gasteiger partial charge in [0.05, 0.1) is 11.6 Å². The Morgan fingerprint density at radius 2 is 2.05 bits per heavy atom. The molecule has 1 unspecified atom stereocenters. The number of methoxy groups -OCH3 is 1. The van der Waals surface area contributed by atoms with Crippen molar-refractivity contribution in [1.29, 1.82) is 0 Å². The Labute approximate surface area is 139 Å². The van der Waals surface area contributed by atoms with E-state index in [1.54, 1.807) is 6.07 Å². The van der Waals surface area contributed by atoms with Gasteiger partial charge in [-0.2, -0.15) is 0 Å². The first-order chi connectivity index (χ1) is 9.71. The van der Waals surface area contributed by atoms with Crippen LogP contribution in [0.3, 0.4) is 0 Å². The lowest BCUT2D eigenvalue weighted by Crippen LogP contribution is -2.41.